The monoisotopic (exact) mass is 360 g/mol. The Labute approximate surface area is 125 Å². The molecule has 102 valence electrons. The highest BCUT2D eigenvalue weighted by Gasteiger charge is 2.33. The molecular formula is C15H25IN2. The van der Waals surface area contributed by atoms with Crippen LogP contribution in [0.5, 0.6) is 0 Å². The molecule has 0 amide bonds. The van der Waals surface area contributed by atoms with E-state index in [9.17, 15) is 0 Å². The van der Waals surface area contributed by atoms with E-state index >= 15 is 0 Å². The summed E-state index contributed by atoms with van der Waals surface area (Å²) in [5.74, 6) is 0. The molecule has 0 radical (unpaired) electrons. The van der Waals surface area contributed by atoms with Crippen LogP contribution in [0.4, 0.5) is 0 Å². The summed E-state index contributed by atoms with van der Waals surface area (Å²) < 4.78 is 1.29. The van der Waals surface area contributed by atoms with Crippen molar-refractivity contribution in [2.45, 2.75) is 38.3 Å². The number of hydrogen-bond acceptors (Lipinski definition) is 2. The van der Waals surface area contributed by atoms with Crippen molar-refractivity contribution >= 4 is 22.6 Å². The quantitative estimate of drug-likeness (QED) is 0.784. The first-order chi connectivity index (χ1) is 8.43. The fourth-order valence-electron chi connectivity index (χ4n) is 2.36. The van der Waals surface area contributed by atoms with Crippen LogP contribution in [0, 0.1) is 3.57 Å². The van der Waals surface area contributed by atoms with Gasteiger partial charge in [0.15, 0.2) is 0 Å². The van der Waals surface area contributed by atoms with Crippen molar-refractivity contribution in [3.63, 3.8) is 0 Å². The molecule has 1 N–H and O–H groups in total. The van der Waals surface area contributed by atoms with Gasteiger partial charge in [-0.25, -0.2) is 0 Å². The summed E-state index contributed by atoms with van der Waals surface area (Å²) in [6.45, 7) is 4.60. The third-order valence-electron chi connectivity index (χ3n) is 4.19. The minimum absolute atomic E-state index is 0.178. The third kappa shape index (κ3) is 3.68. The molecular weight excluding hydrogens is 335 g/mol. The lowest BCUT2D eigenvalue weighted by molar-refractivity contribution is 0.116. The van der Waals surface area contributed by atoms with Gasteiger partial charge in [0, 0.05) is 15.2 Å². The highest BCUT2D eigenvalue weighted by molar-refractivity contribution is 14.1. The average Bonchev–Trinajstić information content (AvgIpc) is 2.37. The number of halogens is 1. The fraction of sp³-hybridized carbons (Fsp3) is 0.600. The molecule has 0 bridgehead atoms. The summed E-state index contributed by atoms with van der Waals surface area (Å²) >= 11 is 2.35. The largest absolute Gasteiger partial charge is 0.315 e. The zero-order valence-corrected chi connectivity index (χ0v) is 14.3. The molecule has 0 heterocycles. The van der Waals surface area contributed by atoms with E-state index in [2.05, 4.69) is 92.1 Å². The van der Waals surface area contributed by atoms with Crippen molar-refractivity contribution in [1.29, 1.82) is 0 Å². The van der Waals surface area contributed by atoms with Gasteiger partial charge in [0.2, 0.25) is 0 Å². The molecule has 3 heteroatoms. The highest BCUT2D eigenvalue weighted by atomic mass is 127. The molecule has 0 saturated heterocycles. The highest BCUT2D eigenvalue weighted by Crippen LogP contribution is 2.24. The Balaban J connectivity index is 2.87. The van der Waals surface area contributed by atoms with Crippen molar-refractivity contribution < 1.29 is 0 Å². The van der Waals surface area contributed by atoms with Gasteiger partial charge in [-0.15, -0.1) is 0 Å². The van der Waals surface area contributed by atoms with Gasteiger partial charge < -0.3 is 10.2 Å². The number of benzene rings is 1. The Morgan fingerprint density at radius 3 is 2.22 bits per heavy atom. The van der Waals surface area contributed by atoms with E-state index in [1.54, 1.807) is 0 Å². The number of likely N-dealkylation sites (N-methyl/N-ethyl adjacent to an activating group) is 2. The summed E-state index contributed by atoms with van der Waals surface area (Å²) in [6, 6.07) is 9.29. The Morgan fingerprint density at radius 2 is 1.83 bits per heavy atom. The maximum atomic E-state index is 3.49. The van der Waals surface area contributed by atoms with Gasteiger partial charge in [0.25, 0.3) is 0 Å². The average molecular weight is 360 g/mol. The standard InChI is InChI=1S/C15H25IN2/c1-6-15(2,18(4)5)14(17-3)11-12-7-9-13(16)10-8-12/h7-10,14,17H,6,11H2,1-5H3. The van der Waals surface area contributed by atoms with Crippen LogP contribution >= 0.6 is 22.6 Å². The summed E-state index contributed by atoms with van der Waals surface area (Å²) in [5, 5.41) is 3.49. The van der Waals surface area contributed by atoms with Gasteiger partial charge in [-0.3, -0.25) is 0 Å². The van der Waals surface area contributed by atoms with Crippen LogP contribution in [0.3, 0.4) is 0 Å². The van der Waals surface area contributed by atoms with Crippen molar-refractivity contribution in [3.05, 3.63) is 33.4 Å². The normalized spacial score (nSPS) is 16.6. The fourth-order valence-corrected chi connectivity index (χ4v) is 2.72. The van der Waals surface area contributed by atoms with Crippen molar-refractivity contribution in [3.8, 4) is 0 Å². The van der Waals surface area contributed by atoms with Crippen LogP contribution in [0.25, 0.3) is 0 Å². The van der Waals surface area contributed by atoms with Gasteiger partial charge in [-0.05, 0) is 81.2 Å². The van der Waals surface area contributed by atoms with Gasteiger partial charge in [-0.2, -0.15) is 0 Å². The molecule has 0 aliphatic carbocycles. The van der Waals surface area contributed by atoms with E-state index in [4.69, 9.17) is 0 Å². The van der Waals surface area contributed by atoms with Crippen molar-refractivity contribution in [2.24, 2.45) is 0 Å². The van der Waals surface area contributed by atoms with Crippen LogP contribution in [-0.2, 0) is 6.42 Å². The topological polar surface area (TPSA) is 15.3 Å². The minimum Gasteiger partial charge on any atom is -0.315 e. The second-order valence-electron chi connectivity index (χ2n) is 5.28. The first-order valence-corrected chi connectivity index (χ1v) is 7.61. The van der Waals surface area contributed by atoms with E-state index < -0.39 is 0 Å². The molecule has 18 heavy (non-hydrogen) atoms. The minimum atomic E-state index is 0.178. The van der Waals surface area contributed by atoms with E-state index in [0.717, 1.165) is 12.8 Å². The molecule has 0 aliphatic rings. The Hall–Kier alpha value is -0.130. The van der Waals surface area contributed by atoms with Crippen LogP contribution in [-0.4, -0.2) is 37.6 Å². The van der Waals surface area contributed by atoms with Crippen LogP contribution in [0.1, 0.15) is 25.8 Å². The van der Waals surface area contributed by atoms with E-state index in [0.29, 0.717) is 6.04 Å². The molecule has 2 atom stereocenters. The number of rotatable bonds is 6. The van der Waals surface area contributed by atoms with Gasteiger partial charge in [-0.1, -0.05) is 19.1 Å². The second kappa shape index (κ2) is 6.87. The summed E-state index contributed by atoms with van der Waals surface area (Å²) in [4.78, 5) is 2.33. The van der Waals surface area contributed by atoms with Crippen LogP contribution < -0.4 is 5.32 Å². The predicted molar refractivity (Wildman–Crippen MR) is 88.1 cm³/mol. The lowest BCUT2D eigenvalue weighted by Gasteiger charge is -2.42. The number of nitrogens with one attached hydrogen (secondary N) is 1. The molecule has 0 aliphatic heterocycles. The number of nitrogens with zero attached hydrogens (tertiary/aromatic N) is 1. The Kier molecular flexibility index (Phi) is 6.08. The zero-order valence-electron chi connectivity index (χ0n) is 12.1. The second-order valence-corrected chi connectivity index (χ2v) is 6.52. The summed E-state index contributed by atoms with van der Waals surface area (Å²) in [6.07, 6.45) is 2.20. The lowest BCUT2D eigenvalue weighted by atomic mass is 9.84. The molecule has 0 fully saturated rings. The van der Waals surface area contributed by atoms with Gasteiger partial charge >= 0.3 is 0 Å². The van der Waals surface area contributed by atoms with E-state index in [-0.39, 0.29) is 5.54 Å². The predicted octanol–water partition coefficient (Wildman–Crippen LogP) is 3.15. The first kappa shape index (κ1) is 15.9. The Bertz CT molecular complexity index is 361. The molecule has 1 rings (SSSR count). The van der Waals surface area contributed by atoms with E-state index in [1.807, 2.05) is 0 Å². The van der Waals surface area contributed by atoms with Crippen LogP contribution in [0.15, 0.2) is 24.3 Å². The first-order valence-electron chi connectivity index (χ1n) is 6.53. The van der Waals surface area contributed by atoms with Crippen molar-refractivity contribution in [1.82, 2.24) is 10.2 Å². The molecule has 1 aromatic carbocycles. The van der Waals surface area contributed by atoms with E-state index in [1.165, 1.54) is 9.13 Å². The SMILES string of the molecule is CCC(C)(C(Cc1ccc(I)cc1)NC)N(C)C. The molecule has 0 spiro atoms. The lowest BCUT2D eigenvalue weighted by Crippen LogP contribution is -2.56. The van der Waals surface area contributed by atoms with Crippen LogP contribution in [0.2, 0.25) is 0 Å². The summed E-state index contributed by atoms with van der Waals surface area (Å²) in [7, 11) is 6.40. The molecule has 0 aromatic heterocycles. The third-order valence-corrected chi connectivity index (χ3v) is 4.91. The Morgan fingerprint density at radius 1 is 1.28 bits per heavy atom. The maximum Gasteiger partial charge on any atom is 0.0328 e. The molecule has 2 nitrogen and oxygen atoms in total. The smallest absolute Gasteiger partial charge is 0.0328 e. The molecule has 0 saturated carbocycles. The zero-order chi connectivity index (χ0) is 13.8. The van der Waals surface area contributed by atoms with Gasteiger partial charge in [0.1, 0.15) is 0 Å². The maximum absolute atomic E-state index is 3.49. The molecule has 1 aromatic rings. The summed E-state index contributed by atoms with van der Waals surface area (Å²) in [5.41, 5.74) is 1.58. The van der Waals surface area contributed by atoms with Gasteiger partial charge in [0.05, 0.1) is 0 Å². The van der Waals surface area contributed by atoms with Crippen molar-refractivity contribution in [2.75, 3.05) is 21.1 Å². The number of hydrogen-bond donors (Lipinski definition) is 1. The molecule has 2 unspecified atom stereocenters.